The molecule has 0 atom stereocenters. The van der Waals surface area contributed by atoms with Gasteiger partial charge >= 0.3 is 0 Å². The lowest BCUT2D eigenvalue weighted by Gasteiger charge is -2.08. The maximum Gasteiger partial charge on any atom is 0.183 e. The Morgan fingerprint density at radius 3 is 2.86 bits per heavy atom. The third-order valence-corrected chi connectivity index (χ3v) is 3.64. The topological polar surface area (TPSA) is 34.1 Å². The highest BCUT2D eigenvalue weighted by molar-refractivity contribution is 6.30. The van der Waals surface area contributed by atoms with Gasteiger partial charge in [0.2, 0.25) is 0 Å². The number of halogens is 2. The molecule has 3 rings (SSSR count). The van der Waals surface area contributed by atoms with Crippen molar-refractivity contribution in [2.24, 2.45) is 0 Å². The fourth-order valence-electron chi connectivity index (χ4n) is 1.94. The van der Waals surface area contributed by atoms with Crippen LogP contribution >= 0.6 is 11.6 Å². The molecule has 0 amide bonds. The van der Waals surface area contributed by atoms with Crippen molar-refractivity contribution in [2.45, 2.75) is 32.0 Å². The molecule has 0 saturated heterocycles. The maximum atomic E-state index is 13.7. The summed E-state index contributed by atoms with van der Waals surface area (Å²) in [6, 6.07) is 9.28. The number of nitrogens with zero attached hydrogens (tertiary/aromatic N) is 1. The highest BCUT2D eigenvalue weighted by Gasteiger charge is 2.19. The van der Waals surface area contributed by atoms with Gasteiger partial charge in [0.15, 0.2) is 11.6 Å². The van der Waals surface area contributed by atoms with Crippen molar-refractivity contribution in [3.05, 3.63) is 58.6 Å². The van der Waals surface area contributed by atoms with Crippen molar-refractivity contribution in [2.75, 3.05) is 0 Å². The Bertz CT molecular complexity index is 614. The molecular weight excluding hydrogens is 291 g/mol. The second-order valence-electron chi connectivity index (χ2n) is 5.15. The van der Waals surface area contributed by atoms with E-state index in [1.807, 2.05) is 18.3 Å². The van der Waals surface area contributed by atoms with Crippen LogP contribution in [0.25, 0.3) is 0 Å². The molecule has 1 aliphatic rings. The van der Waals surface area contributed by atoms with Crippen molar-refractivity contribution in [1.82, 2.24) is 10.3 Å². The van der Waals surface area contributed by atoms with E-state index in [9.17, 15) is 4.39 Å². The summed E-state index contributed by atoms with van der Waals surface area (Å²) in [5.74, 6) is -0.395. The molecule has 1 fully saturated rings. The Morgan fingerprint density at radius 1 is 1.29 bits per heavy atom. The molecule has 0 radical (unpaired) electrons. The van der Waals surface area contributed by atoms with Gasteiger partial charge < -0.3 is 10.1 Å². The molecule has 2 aromatic rings. The van der Waals surface area contributed by atoms with E-state index in [4.69, 9.17) is 16.3 Å². The Kier molecular flexibility index (Phi) is 4.36. The van der Waals surface area contributed by atoms with Gasteiger partial charge in [-0.05, 0) is 36.6 Å². The monoisotopic (exact) mass is 306 g/mol. The van der Waals surface area contributed by atoms with Crippen LogP contribution in [0.3, 0.4) is 0 Å². The van der Waals surface area contributed by atoms with Crippen LogP contribution in [-0.4, -0.2) is 11.0 Å². The summed E-state index contributed by atoms with van der Waals surface area (Å²) in [6.45, 7) is 1.05. The van der Waals surface area contributed by atoms with Crippen LogP contribution in [0.5, 0.6) is 5.75 Å². The van der Waals surface area contributed by atoms with Gasteiger partial charge in [-0.1, -0.05) is 23.7 Å². The number of benzene rings is 1. The highest BCUT2D eigenvalue weighted by Crippen LogP contribution is 2.24. The van der Waals surface area contributed by atoms with Gasteiger partial charge in [-0.25, -0.2) is 4.39 Å². The first kappa shape index (κ1) is 14.3. The van der Waals surface area contributed by atoms with E-state index < -0.39 is 5.82 Å². The molecule has 0 spiro atoms. The zero-order valence-electron chi connectivity index (χ0n) is 11.5. The summed E-state index contributed by atoms with van der Waals surface area (Å²) >= 11 is 5.70. The van der Waals surface area contributed by atoms with Gasteiger partial charge in [-0.15, -0.1) is 0 Å². The molecule has 1 aliphatic carbocycles. The van der Waals surface area contributed by atoms with E-state index in [0.717, 1.165) is 17.8 Å². The minimum Gasteiger partial charge on any atom is -0.484 e. The van der Waals surface area contributed by atoms with E-state index in [2.05, 4.69) is 10.3 Å². The maximum absolute atomic E-state index is 13.7. The lowest BCUT2D eigenvalue weighted by Crippen LogP contribution is -2.15. The number of nitrogens with one attached hydrogen (secondary N) is 1. The number of hydrogen-bond acceptors (Lipinski definition) is 3. The molecule has 0 aliphatic heterocycles. The van der Waals surface area contributed by atoms with E-state index in [-0.39, 0.29) is 17.4 Å². The minimum atomic E-state index is -0.538. The summed E-state index contributed by atoms with van der Waals surface area (Å²) in [6.07, 6.45) is 4.36. The normalized spacial score (nSPS) is 14.2. The van der Waals surface area contributed by atoms with Crippen molar-refractivity contribution in [3.8, 4) is 5.75 Å². The van der Waals surface area contributed by atoms with Crippen LogP contribution in [0.15, 0.2) is 36.5 Å². The number of ether oxygens (including phenoxy) is 1. The van der Waals surface area contributed by atoms with E-state index in [0.29, 0.717) is 6.04 Å². The molecule has 1 N–H and O–H groups in total. The van der Waals surface area contributed by atoms with Crippen molar-refractivity contribution in [1.29, 1.82) is 0 Å². The number of aromatic nitrogens is 1. The SMILES string of the molecule is Fc1c(Cl)cccc1OCc1ccc(CNC2CC2)cn1. The second-order valence-corrected chi connectivity index (χ2v) is 5.56. The fraction of sp³-hybridized carbons (Fsp3) is 0.312. The molecule has 3 nitrogen and oxygen atoms in total. The van der Waals surface area contributed by atoms with Gasteiger partial charge in [0.1, 0.15) is 6.61 Å². The summed E-state index contributed by atoms with van der Waals surface area (Å²) in [4.78, 5) is 4.32. The third kappa shape index (κ3) is 3.93. The summed E-state index contributed by atoms with van der Waals surface area (Å²) in [7, 11) is 0. The molecule has 110 valence electrons. The van der Waals surface area contributed by atoms with Crippen molar-refractivity contribution in [3.63, 3.8) is 0 Å². The molecular formula is C16H16ClFN2O. The summed E-state index contributed by atoms with van der Waals surface area (Å²) in [5, 5.41) is 3.49. The van der Waals surface area contributed by atoms with Crippen LogP contribution in [0, 0.1) is 5.82 Å². The van der Waals surface area contributed by atoms with Crippen LogP contribution in [0.4, 0.5) is 4.39 Å². The van der Waals surface area contributed by atoms with Crippen LogP contribution < -0.4 is 10.1 Å². The van der Waals surface area contributed by atoms with Gasteiger partial charge in [0.25, 0.3) is 0 Å². The second kappa shape index (κ2) is 6.41. The summed E-state index contributed by atoms with van der Waals surface area (Å²) in [5.41, 5.74) is 1.89. The Hall–Kier alpha value is -1.65. The Labute approximate surface area is 128 Å². The van der Waals surface area contributed by atoms with E-state index >= 15 is 0 Å². The smallest absolute Gasteiger partial charge is 0.183 e. The molecule has 1 aromatic carbocycles. The van der Waals surface area contributed by atoms with Crippen molar-refractivity contribution >= 4 is 11.6 Å². The predicted octanol–water partition coefficient (Wildman–Crippen LogP) is 3.71. The zero-order valence-corrected chi connectivity index (χ0v) is 12.2. The number of hydrogen-bond donors (Lipinski definition) is 1. The number of rotatable bonds is 6. The third-order valence-electron chi connectivity index (χ3n) is 3.35. The first-order valence-corrected chi connectivity index (χ1v) is 7.34. The minimum absolute atomic E-state index is 0.0574. The standard InChI is InChI=1S/C16H16ClFN2O/c17-14-2-1-3-15(16(14)18)21-10-13-5-4-11(9-20-13)8-19-12-6-7-12/h1-5,9,12,19H,6-8,10H2. The molecule has 0 bridgehead atoms. The molecule has 1 aromatic heterocycles. The van der Waals surface area contributed by atoms with Gasteiger partial charge in [0.05, 0.1) is 10.7 Å². The quantitative estimate of drug-likeness (QED) is 0.883. The average molecular weight is 307 g/mol. The van der Waals surface area contributed by atoms with Gasteiger partial charge in [-0.3, -0.25) is 4.98 Å². The molecule has 21 heavy (non-hydrogen) atoms. The Balaban J connectivity index is 1.56. The first-order chi connectivity index (χ1) is 10.2. The summed E-state index contributed by atoms with van der Waals surface area (Å²) < 4.78 is 19.1. The fourth-order valence-corrected chi connectivity index (χ4v) is 2.11. The molecule has 1 heterocycles. The first-order valence-electron chi connectivity index (χ1n) is 6.96. The average Bonchev–Trinajstić information content (AvgIpc) is 3.32. The van der Waals surface area contributed by atoms with Crippen molar-refractivity contribution < 1.29 is 9.13 Å². The van der Waals surface area contributed by atoms with E-state index in [1.54, 1.807) is 12.1 Å². The van der Waals surface area contributed by atoms with Gasteiger partial charge in [0, 0.05) is 18.8 Å². The number of pyridine rings is 1. The molecule has 1 saturated carbocycles. The molecule has 0 unspecified atom stereocenters. The lowest BCUT2D eigenvalue weighted by molar-refractivity contribution is 0.286. The Morgan fingerprint density at radius 2 is 2.14 bits per heavy atom. The van der Waals surface area contributed by atoms with Crippen LogP contribution in [0.2, 0.25) is 5.02 Å². The molecule has 5 heteroatoms. The predicted molar refractivity (Wildman–Crippen MR) is 79.8 cm³/mol. The largest absolute Gasteiger partial charge is 0.484 e. The highest BCUT2D eigenvalue weighted by atomic mass is 35.5. The van der Waals surface area contributed by atoms with Crippen LogP contribution in [0.1, 0.15) is 24.1 Å². The lowest BCUT2D eigenvalue weighted by atomic mass is 10.2. The van der Waals surface area contributed by atoms with Gasteiger partial charge in [-0.2, -0.15) is 0 Å². The zero-order chi connectivity index (χ0) is 14.7. The van der Waals surface area contributed by atoms with Crippen LogP contribution in [-0.2, 0) is 13.2 Å². The van der Waals surface area contributed by atoms with E-state index in [1.165, 1.54) is 18.9 Å².